The number of amides is 2. The Kier molecular flexibility index (Phi) is 5.24. The molecule has 7 heteroatoms. The molecular weight excluding hydrogens is 371 g/mol. The summed E-state index contributed by atoms with van der Waals surface area (Å²) in [5.41, 5.74) is 2.30. The number of carbonyl (C=O) groups excluding carboxylic acids is 1. The topological polar surface area (TPSA) is 48.4 Å². The number of hydrogen-bond donors (Lipinski definition) is 0. The molecule has 152 valence electrons. The molecule has 2 aliphatic rings. The predicted octanol–water partition coefficient (Wildman–Crippen LogP) is 3.21. The molecule has 2 heterocycles. The number of nitrogens with zero attached hydrogens (tertiary/aromatic N) is 4. The van der Waals surface area contributed by atoms with Crippen LogP contribution in [0.5, 0.6) is 5.75 Å². The number of carbonyl (C=O) groups is 1. The first-order valence-electron chi connectivity index (χ1n) is 9.71. The smallest absolute Gasteiger partial charge is 0.340 e. The van der Waals surface area contributed by atoms with Crippen LogP contribution in [0.25, 0.3) is 0 Å². The van der Waals surface area contributed by atoms with Crippen molar-refractivity contribution in [2.45, 2.75) is 6.04 Å². The third-order valence-electron chi connectivity index (χ3n) is 5.39. The number of hydrazone groups is 1. The van der Waals surface area contributed by atoms with Crippen LogP contribution in [0.15, 0.2) is 53.6 Å². The molecular formula is C22H25FN4O2. The summed E-state index contributed by atoms with van der Waals surface area (Å²) in [4.78, 5) is 17.0. The Morgan fingerprint density at radius 2 is 1.93 bits per heavy atom. The van der Waals surface area contributed by atoms with Gasteiger partial charge in [0, 0.05) is 25.7 Å². The van der Waals surface area contributed by atoms with E-state index in [1.54, 1.807) is 18.0 Å². The monoisotopic (exact) mass is 396 g/mol. The van der Waals surface area contributed by atoms with Gasteiger partial charge in [0.15, 0.2) is 0 Å². The normalized spacial score (nSPS) is 20.0. The first kappa shape index (κ1) is 19.4. The lowest BCUT2D eigenvalue weighted by Crippen LogP contribution is -2.43. The fourth-order valence-electron chi connectivity index (χ4n) is 3.81. The molecule has 2 atom stereocenters. The van der Waals surface area contributed by atoms with Crippen molar-refractivity contribution in [3.8, 4) is 5.75 Å². The molecule has 2 aromatic rings. The van der Waals surface area contributed by atoms with Crippen molar-refractivity contribution in [2.75, 3.05) is 40.8 Å². The van der Waals surface area contributed by atoms with Gasteiger partial charge in [0.25, 0.3) is 0 Å². The van der Waals surface area contributed by atoms with Crippen LogP contribution >= 0.6 is 0 Å². The van der Waals surface area contributed by atoms with Gasteiger partial charge in [0.2, 0.25) is 0 Å². The van der Waals surface area contributed by atoms with Gasteiger partial charge in [0.1, 0.15) is 11.6 Å². The van der Waals surface area contributed by atoms with E-state index < -0.39 is 0 Å². The number of likely N-dealkylation sites (N-methyl/N-ethyl adjacent to an activating group) is 2. The zero-order valence-electron chi connectivity index (χ0n) is 16.9. The Morgan fingerprint density at radius 1 is 1.17 bits per heavy atom. The SMILES string of the molecule is CN(C)CCN(C)C(=O)N1N=C2c3cc(F)ccc3OCC2C1c1ccccc1. The van der Waals surface area contributed by atoms with Gasteiger partial charge in [-0.1, -0.05) is 30.3 Å². The number of urea groups is 1. The third-order valence-corrected chi connectivity index (χ3v) is 5.39. The van der Waals surface area contributed by atoms with E-state index in [1.807, 2.05) is 49.3 Å². The standard InChI is InChI=1S/C22H25FN4O2/c1-25(2)11-12-26(3)22(28)27-21(15-7-5-4-6-8-15)18-14-29-19-10-9-16(23)13-17(19)20(18)24-27/h4-10,13,18,21H,11-12,14H2,1-3H3. The third kappa shape index (κ3) is 3.70. The maximum atomic E-state index is 13.9. The van der Waals surface area contributed by atoms with Crippen LogP contribution in [0, 0.1) is 11.7 Å². The van der Waals surface area contributed by atoms with Crippen LogP contribution in [-0.2, 0) is 0 Å². The summed E-state index contributed by atoms with van der Waals surface area (Å²) < 4.78 is 19.8. The Bertz CT molecular complexity index is 932. The van der Waals surface area contributed by atoms with E-state index in [1.165, 1.54) is 17.1 Å². The van der Waals surface area contributed by atoms with Gasteiger partial charge in [-0.3, -0.25) is 0 Å². The van der Waals surface area contributed by atoms with Gasteiger partial charge >= 0.3 is 6.03 Å². The van der Waals surface area contributed by atoms with Crippen LogP contribution in [0.2, 0.25) is 0 Å². The molecule has 2 aromatic carbocycles. The van der Waals surface area contributed by atoms with E-state index in [4.69, 9.17) is 9.84 Å². The first-order chi connectivity index (χ1) is 14.0. The van der Waals surface area contributed by atoms with Crippen LogP contribution in [0.1, 0.15) is 17.2 Å². The van der Waals surface area contributed by atoms with Crippen molar-refractivity contribution < 1.29 is 13.9 Å². The van der Waals surface area contributed by atoms with E-state index in [9.17, 15) is 9.18 Å². The lowest BCUT2D eigenvalue weighted by molar-refractivity contribution is 0.131. The number of halogens is 1. The highest BCUT2D eigenvalue weighted by molar-refractivity contribution is 6.07. The van der Waals surface area contributed by atoms with Crippen molar-refractivity contribution in [1.82, 2.24) is 14.8 Å². The second kappa shape index (κ2) is 7.83. The Balaban J connectivity index is 1.72. The van der Waals surface area contributed by atoms with Crippen LogP contribution in [0.4, 0.5) is 9.18 Å². The number of fused-ring (bicyclic) bond motifs is 3. The van der Waals surface area contributed by atoms with Crippen LogP contribution < -0.4 is 4.74 Å². The largest absolute Gasteiger partial charge is 0.492 e. The van der Waals surface area contributed by atoms with E-state index >= 15 is 0 Å². The van der Waals surface area contributed by atoms with Crippen molar-refractivity contribution in [3.05, 3.63) is 65.5 Å². The van der Waals surface area contributed by atoms with Gasteiger partial charge in [-0.25, -0.2) is 14.2 Å². The van der Waals surface area contributed by atoms with Crippen molar-refractivity contribution >= 4 is 11.7 Å². The van der Waals surface area contributed by atoms with Gasteiger partial charge in [0.05, 0.1) is 24.3 Å². The van der Waals surface area contributed by atoms with Crippen molar-refractivity contribution in [1.29, 1.82) is 0 Å². The van der Waals surface area contributed by atoms with E-state index in [0.717, 1.165) is 12.1 Å². The van der Waals surface area contributed by atoms with Crippen molar-refractivity contribution in [3.63, 3.8) is 0 Å². The Morgan fingerprint density at radius 3 is 2.66 bits per heavy atom. The minimum atomic E-state index is -0.347. The lowest BCUT2D eigenvalue weighted by atomic mass is 9.86. The van der Waals surface area contributed by atoms with Gasteiger partial charge < -0.3 is 14.5 Å². The maximum Gasteiger partial charge on any atom is 0.340 e. The summed E-state index contributed by atoms with van der Waals surface area (Å²) in [5, 5.41) is 6.23. The molecule has 6 nitrogen and oxygen atoms in total. The Labute approximate surface area is 170 Å². The fourth-order valence-corrected chi connectivity index (χ4v) is 3.81. The van der Waals surface area contributed by atoms with Crippen molar-refractivity contribution in [2.24, 2.45) is 11.0 Å². The van der Waals surface area contributed by atoms with E-state index in [2.05, 4.69) is 0 Å². The second-order valence-electron chi connectivity index (χ2n) is 7.75. The molecule has 0 radical (unpaired) electrons. The summed E-state index contributed by atoms with van der Waals surface area (Å²) >= 11 is 0. The number of ether oxygens (including phenoxy) is 1. The summed E-state index contributed by atoms with van der Waals surface area (Å²) in [6, 6.07) is 13.8. The van der Waals surface area contributed by atoms with Crippen LogP contribution in [-0.4, -0.2) is 67.4 Å². The van der Waals surface area contributed by atoms with Gasteiger partial charge in [-0.05, 0) is 37.9 Å². The lowest BCUT2D eigenvalue weighted by Gasteiger charge is -2.31. The average Bonchev–Trinajstić information content (AvgIpc) is 3.12. The Hall–Kier alpha value is -2.93. The fraction of sp³-hybridized carbons (Fsp3) is 0.364. The molecule has 4 rings (SSSR count). The maximum absolute atomic E-state index is 13.9. The summed E-state index contributed by atoms with van der Waals surface area (Å²) in [6.45, 7) is 1.73. The average molecular weight is 396 g/mol. The van der Waals surface area contributed by atoms with Gasteiger partial charge in [-0.15, -0.1) is 0 Å². The van der Waals surface area contributed by atoms with Gasteiger partial charge in [-0.2, -0.15) is 5.10 Å². The van der Waals surface area contributed by atoms with E-state index in [-0.39, 0.29) is 23.8 Å². The second-order valence-corrected chi connectivity index (χ2v) is 7.75. The molecule has 2 aliphatic heterocycles. The molecule has 0 saturated carbocycles. The van der Waals surface area contributed by atoms with Crippen LogP contribution in [0.3, 0.4) is 0 Å². The number of benzene rings is 2. The molecule has 0 saturated heterocycles. The highest BCUT2D eigenvalue weighted by Gasteiger charge is 2.45. The van der Waals surface area contributed by atoms with E-state index in [0.29, 0.717) is 30.2 Å². The zero-order chi connectivity index (χ0) is 20.5. The molecule has 2 unspecified atom stereocenters. The molecule has 0 aliphatic carbocycles. The predicted molar refractivity (Wildman–Crippen MR) is 110 cm³/mol. The molecule has 0 bridgehead atoms. The zero-order valence-corrected chi connectivity index (χ0v) is 16.9. The quantitative estimate of drug-likeness (QED) is 0.797. The minimum absolute atomic E-state index is 0.155. The highest BCUT2D eigenvalue weighted by atomic mass is 19.1. The molecule has 0 spiro atoms. The molecule has 2 amide bonds. The molecule has 0 N–H and O–H groups in total. The first-order valence-corrected chi connectivity index (χ1v) is 9.71. The number of rotatable bonds is 4. The molecule has 29 heavy (non-hydrogen) atoms. The summed E-state index contributed by atoms with van der Waals surface area (Å²) in [7, 11) is 5.72. The molecule has 0 aromatic heterocycles. The molecule has 0 fully saturated rings. The summed E-state index contributed by atoms with van der Waals surface area (Å²) in [5.74, 6) is 0.0983. The number of hydrogen-bond acceptors (Lipinski definition) is 4. The minimum Gasteiger partial charge on any atom is -0.492 e. The highest BCUT2D eigenvalue weighted by Crippen LogP contribution is 2.42. The summed E-state index contributed by atoms with van der Waals surface area (Å²) in [6.07, 6.45) is 0.